The van der Waals surface area contributed by atoms with E-state index >= 15 is 0 Å². The third-order valence-corrected chi connectivity index (χ3v) is 16.6. The molecule has 4 heteroatoms. The Bertz CT molecular complexity index is 1080. The zero-order valence-electron chi connectivity index (χ0n) is 21.9. The fraction of sp³-hybridized carbons (Fsp3) is 0.467. The number of rotatable bonds is 4. The largest absolute Gasteiger partial charge is 1.00 e. The summed E-state index contributed by atoms with van der Waals surface area (Å²) in [6, 6.07) is 14.6. The molecule has 0 radical (unpaired) electrons. The number of hydrogen-bond acceptors (Lipinski definition) is 0. The fourth-order valence-corrected chi connectivity index (χ4v) is 18.3. The number of hydrogen-bond donors (Lipinski definition) is 0. The van der Waals surface area contributed by atoms with Crippen LogP contribution >= 0.6 is 0 Å². The number of allylic oxidation sites excluding steroid dienone is 2. The van der Waals surface area contributed by atoms with E-state index in [4.69, 9.17) is 0 Å². The molecule has 0 spiro atoms. The van der Waals surface area contributed by atoms with Crippen molar-refractivity contribution in [1.82, 2.24) is 0 Å². The number of aryl methyl sites for hydroxylation is 2. The Kier molecular flexibility index (Phi) is 8.42. The minimum absolute atomic E-state index is 0. The van der Waals surface area contributed by atoms with Crippen LogP contribution in [0.1, 0.15) is 82.2 Å². The maximum atomic E-state index is 2.70. The van der Waals surface area contributed by atoms with Gasteiger partial charge in [-0.25, -0.2) is 0 Å². The molecular weight excluding hydrogens is 551 g/mol. The molecule has 2 aromatic rings. The summed E-state index contributed by atoms with van der Waals surface area (Å²) in [5, 5.41) is 3.69. The van der Waals surface area contributed by atoms with Crippen LogP contribution < -0.4 is 24.8 Å². The van der Waals surface area contributed by atoms with Crippen molar-refractivity contribution in [2.45, 2.75) is 74.7 Å². The van der Waals surface area contributed by atoms with Crippen LogP contribution in [0.25, 0.3) is 10.4 Å². The Labute approximate surface area is 232 Å². The van der Waals surface area contributed by atoms with Crippen LogP contribution in [0.4, 0.5) is 0 Å². The normalized spacial score (nSPS) is 21.2. The van der Waals surface area contributed by atoms with Crippen LogP contribution in [-0.2, 0) is 36.1 Å². The van der Waals surface area contributed by atoms with E-state index in [1.165, 1.54) is 0 Å². The van der Waals surface area contributed by atoms with Gasteiger partial charge in [0.1, 0.15) is 0 Å². The second-order valence-corrected chi connectivity index (χ2v) is 19.0. The monoisotopic (exact) mass is 586 g/mol. The first-order chi connectivity index (χ1) is 15.2. The molecule has 180 valence electrons. The molecular formula is C30H38Cl2SiZr. The summed E-state index contributed by atoms with van der Waals surface area (Å²) in [7, 11) is -1.91. The van der Waals surface area contributed by atoms with Gasteiger partial charge >= 0.3 is 209 Å². The Morgan fingerprint density at radius 3 is 1.41 bits per heavy atom. The van der Waals surface area contributed by atoms with Crippen molar-refractivity contribution < 1.29 is 48.0 Å². The summed E-state index contributed by atoms with van der Waals surface area (Å²) < 4.78 is 1.50. The van der Waals surface area contributed by atoms with Gasteiger partial charge in [0.15, 0.2) is 0 Å². The van der Waals surface area contributed by atoms with Gasteiger partial charge in [0, 0.05) is 0 Å². The average molecular weight is 589 g/mol. The average Bonchev–Trinajstić information content (AvgIpc) is 3.29. The van der Waals surface area contributed by atoms with Crippen molar-refractivity contribution >= 4 is 18.5 Å². The maximum absolute atomic E-state index is 2.70. The van der Waals surface area contributed by atoms with Gasteiger partial charge in [0.2, 0.25) is 0 Å². The Morgan fingerprint density at radius 1 is 0.706 bits per heavy atom. The number of benzene rings is 2. The second kappa shape index (κ2) is 10.2. The molecule has 2 aromatic carbocycles. The first-order valence-corrected chi connectivity index (χ1v) is 18.6. The molecule has 2 unspecified atom stereocenters. The molecule has 0 fully saturated rings. The van der Waals surface area contributed by atoms with Gasteiger partial charge in [0.05, 0.1) is 0 Å². The van der Waals surface area contributed by atoms with Gasteiger partial charge in [-0.1, -0.05) is 0 Å². The molecule has 5 rings (SSSR count). The van der Waals surface area contributed by atoms with Crippen molar-refractivity contribution in [2.24, 2.45) is 11.8 Å². The van der Waals surface area contributed by atoms with E-state index in [1.807, 2.05) is 21.5 Å². The molecule has 1 heterocycles. The summed E-state index contributed by atoms with van der Waals surface area (Å²) in [5.74, 6) is 1.29. The van der Waals surface area contributed by atoms with Crippen LogP contribution in [0.2, 0.25) is 13.1 Å². The number of halogens is 2. The van der Waals surface area contributed by atoms with E-state index in [0.29, 0.717) is 11.8 Å². The smallest absolute Gasteiger partial charge is 1.00 e. The SMILES string of the molecule is CCc1cccc2c1C1=C(C(C)C)[CH]2[Zr+2][CH]2C(C(C)C)=C(c3c(CC)cccc32)[Si]1(C)C.[Cl-].[Cl-]. The topological polar surface area (TPSA) is 0 Å². The predicted molar refractivity (Wildman–Crippen MR) is 138 cm³/mol. The predicted octanol–water partition coefficient (Wildman–Crippen LogP) is 2.33. The van der Waals surface area contributed by atoms with Crippen LogP contribution in [0, 0.1) is 11.8 Å². The fourth-order valence-electron chi connectivity index (χ4n) is 7.07. The standard InChI is InChI=1S/C30H38Si.2ClH.Zr/c1-9-21-13-11-15-23-17-25(19(3)4)29(27(21)23)31(7,8)30-26(20(5)6)18-24-16-12-14-22(10-2)28(24)30;;;/h11-20H,9-10H2,1-8H3;2*1H;/q;;;+2/p-2. The summed E-state index contributed by atoms with van der Waals surface area (Å²) in [6.07, 6.45) is 2.30. The third-order valence-electron chi connectivity index (χ3n) is 8.28. The molecule has 0 aromatic heterocycles. The van der Waals surface area contributed by atoms with E-state index in [1.54, 1.807) is 33.4 Å². The van der Waals surface area contributed by atoms with Crippen molar-refractivity contribution in [1.29, 1.82) is 0 Å². The summed E-state index contributed by atoms with van der Waals surface area (Å²) >= 11 is -0.799. The van der Waals surface area contributed by atoms with Gasteiger partial charge in [-0.2, -0.15) is 0 Å². The van der Waals surface area contributed by atoms with E-state index in [9.17, 15) is 0 Å². The van der Waals surface area contributed by atoms with Crippen molar-refractivity contribution in [3.05, 3.63) is 80.9 Å². The molecule has 2 aliphatic carbocycles. The first-order valence-electron chi connectivity index (χ1n) is 12.7. The third kappa shape index (κ3) is 3.86. The van der Waals surface area contributed by atoms with Crippen molar-refractivity contribution in [2.75, 3.05) is 0 Å². The summed E-state index contributed by atoms with van der Waals surface area (Å²) in [5.41, 5.74) is 13.8. The molecule has 0 N–H and O–H groups in total. The Balaban J connectivity index is 0.00000162. The van der Waals surface area contributed by atoms with Crippen LogP contribution in [-0.4, -0.2) is 8.07 Å². The molecule has 0 saturated carbocycles. The Morgan fingerprint density at radius 2 is 1.09 bits per heavy atom. The zero-order valence-corrected chi connectivity index (χ0v) is 26.9. The van der Waals surface area contributed by atoms with E-state index < -0.39 is 31.3 Å². The Hall–Kier alpha value is -0.400. The van der Waals surface area contributed by atoms with E-state index in [2.05, 4.69) is 91.0 Å². The molecule has 0 nitrogen and oxygen atoms in total. The van der Waals surface area contributed by atoms with Gasteiger partial charge in [-0.05, 0) is 0 Å². The van der Waals surface area contributed by atoms with E-state index in [0.717, 1.165) is 20.1 Å². The van der Waals surface area contributed by atoms with Crippen LogP contribution in [0.5, 0.6) is 0 Å². The van der Waals surface area contributed by atoms with Crippen molar-refractivity contribution in [3.63, 3.8) is 0 Å². The van der Waals surface area contributed by atoms with Crippen molar-refractivity contribution in [3.8, 4) is 0 Å². The first kappa shape index (κ1) is 28.2. The molecule has 3 aliphatic rings. The van der Waals surface area contributed by atoms with Gasteiger partial charge in [-0.3, -0.25) is 0 Å². The minimum Gasteiger partial charge on any atom is -1.00 e. The molecule has 1 aliphatic heterocycles. The van der Waals surface area contributed by atoms with Gasteiger partial charge < -0.3 is 24.8 Å². The van der Waals surface area contributed by atoms with Crippen LogP contribution in [0.15, 0.2) is 47.5 Å². The zero-order chi connectivity index (χ0) is 22.9. The number of fused-ring (bicyclic) bond motifs is 8. The second-order valence-electron chi connectivity index (χ2n) is 11.1. The minimum atomic E-state index is -1.91. The van der Waals surface area contributed by atoms with E-state index in [-0.39, 0.29) is 24.8 Å². The van der Waals surface area contributed by atoms with Gasteiger partial charge in [-0.15, -0.1) is 0 Å². The molecule has 34 heavy (non-hydrogen) atoms. The summed E-state index contributed by atoms with van der Waals surface area (Å²) in [6.45, 7) is 20.1. The van der Waals surface area contributed by atoms with Crippen LogP contribution in [0.3, 0.4) is 0 Å². The molecule has 0 saturated heterocycles. The maximum Gasteiger partial charge on any atom is -1.00 e. The quantitative estimate of drug-likeness (QED) is 0.482. The molecule has 0 amide bonds. The molecule has 4 bridgehead atoms. The molecule has 2 atom stereocenters. The van der Waals surface area contributed by atoms with Gasteiger partial charge in [0.25, 0.3) is 0 Å². The summed E-state index contributed by atoms with van der Waals surface area (Å²) in [4.78, 5) is 0.